The van der Waals surface area contributed by atoms with Crippen LogP contribution >= 0.6 is 12.4 Å². The zero-order chi connectivity index (χ0) is 12.4. The Morgan fingerprint density at radius 1 is 1.32 bits per heavy atom. The van der Waals surface area contributed by atoms with Gasteiger partial charge in [-0.05, 0) is 31.5 Å². The molecule has 0 amide bonds. The van der Waals surface area contributed by atoms with Gasteiger partial charge in [0.25, 0.3) is 0 Å². The molecule has 102 valence electrons. The predicted octanol–water partition coefficient (Wildman–Crippen LogP) is 2.76. The highest BCUT2D eigenvalue weighted by Crippen LogP contribution is 2.25. The fraction of sp³-hybridized carbons (Fsp3) is 0.385. The number of hydrogen-bond donors (Lipinski definition) is 1. The normalized spacial score (nSPS) is 18.9. The topological polar surface area (TPSA) is 51.0 Å². The van der Waals surface area contributed by atoms with Crippen molar-refractivity contribution in [3.05, 3.63) is 36.0 Å². The Labute approximate surface area is 116 Å². The number of benzene rings is 1. The van der Waals surface area contributed by atoms with Crippen LogP contribution in [-0.2, 0) is 0 Å². The van der Waals surface area contributed by atoms with Crippen LogP contribution < -0.4 is 5.32 Å². The Hall–Kier alpha value is -1.46. The van der Waals surface area contributed by atoms with E-state index in [2.05, 4.69) is 15.5 Å². The molecule has 1 N–H and O–H groups in total. The molecule has 19 heavy (non-hydrogen) atoms. The molecule has 0 spiro atoms. The lowest BCUT2D eigenvalue weighted by Gasteiger charge is -2.18. The van der Waals surface area contributed by atoms with E-state index in [0.29, 0.717) is 17.3 Å². The number of piperidine rings is 1. The van der Waals surface area contributed by atoms with Gasteiger partial charge in [0.1, 0.15) is 5.82 Å². The van der Waals surface area contributed by atoms with Crippen LogP contribution in [0.4, 0.5) is 4.39 Å². The molecule has 0 unspecified atom stereocenters. The molecule has 0 aliphatic carbocycles. The van der Waals surface area contributed by atoms with Crippen molar-refractivity contribution in [3.8, 4) is 11.4 Å². The second kappa shape index (κ2) is 6.12. The summed E-state index contributed by atoms with van der Waals surface area (Å²) in [7, 11) is 0. The summed E-state index contributed by atoms with van der Waals surface area (Å²) in [6, 6.07) is 6.46. The third-order valence-corrected chi connectivity index (χ3v) is 3.20. The Morgan fingerprint density at radius 3 is 2.89 bits per heavy atom. The highest BCUT2D eigenvalue weighted by atomic mass is 35.5. The van der Waals surface area contributed by atoms with Crippen LogP contribution in [0, 0.1) is 5.82 Å². The minimum absolute atomic E-state index is 0. The maximum absolute atomic E-state index is 13.6. The van der Waals surface area contributed by atoms with Crippen LogP contribution in [0.3, 0.4) is 0 Å². The molecule has 4 nitrogen and oxygen atoms in total. The largest absolute Gasteiger partial charge is 0.339 e. The van der Waals surface area contributed by atoms with E-state index in [1.165, 1.54) is 6.07 Å². The summed E-state index contributed by atoms with van der Waals surface area (Å²) in [6.07, 6.45) is 2.13. The van der Waals surface area contributed by atoms with Crippen LogP contribution in [0.15, 0.2) is 28.8 Å². The molecule has 1 aromatic heterocycles. The van der Waals surface area contributed by atoms with Crippen LogP contribution in [0.25, 0.3) is 11.4 Å². The Balaban J connectivity index is 0.00000133. The number of aromatic nitrogens is 2. The van der Waals surface area contributed by atoms with E-state index in [4.69, 9.17) is 4.52 Å². The van der Waals surface area contributed by atoms with Gasteiger partial charge in [0, 0.05) is 6.54 Å². The minimum atomic E-state index is -0.327. The zero-order valence-corrected chi connectivity index (χ0v) is 11.1. The molecule has 0 radical (unpaired) electrons. The van der Waals surface area contributed by atoms with Crippen molar-refractivity contribution < 1.29 is 8.91 Å². The molecule has 1 saturated heterocycles. The molecule has 3 rings (SSSR count). The second-order valence-electron chi connectivity index (χ2n) is 4.48. The molecule has 1 aliphatic rings. The number of hydrogen-bond acceptors (Lipinski definition) is 4. The maximum Gasteiger partial charge on any atom is 0.231 e. The molecule has 2 aromatic rings. The molecular weight excluding hydrogens is 269 g/mol. The van der Waals surface area contributed by atoms with E-state index in [-0.39, 0.29) is 24.1 Å². The Bertz CT molecular complexity index is 540. The highest BCUT2D eigenvalue weighted by molar-refractivity contribution is 5.85. The lowest BCUT2D eigenvalue weighted by molar-refractivity contribution is 0.322. The molecule has 1 aromatic carbocycles. The fourth-order valence-corrected chi connectivity index (χ4v) is 2.22. The monoisotopic (exact) mass is 283 g/mol. The van der Waals surface area contributed by atoms with Crippen LogP contribution in [0.2, 0.25) is 0 Å². The summed E-state index contributed by atoms with van der Waals surface area (Å²) in [6.45, 7) is 1.88. The first-order chi connectivity index (χ1) is 8.84. The van der Waals surface area contributed by atoms with Crippen molar-refractivity contribution in [2.75, 3.05) is 13.1 Å². The summed E-state index contributed by atoms with van der Waals surface area (Å²) in [5, 5.41) is 7.16. The van der Waals surface area contributed by atoms with Gasteiger partial charge in [0.05, 0.1) is 11.5 Å². The first-order valence-corrected chi connectivity index (χ1v) is 6.14. The molecule has 1 atom stereocenters. The van der Waals surface area contributed by atoms with Crippen molar-refractivity contribution in [1.29, 1.82) is 0 Å². The molecule has 1 fully saturated rings. The third-order valence-electron chi connectivity index (χ3n) is 3.20. The first-order valence-electron chi connectivity index (χ1n) is 6.14. The van der Waals surface area contributed by atoms with Gasteiger partial charge < -0.3 is 9.84 Å². The lowest BCUT2D eigenvalue weighted by atomic mass is 10.00. The van der Waals surface area contributed by atoms with E-state index in [9.17, 15) is 4.39 Å². The molecule has 6 heteroatoms. The smallest absolute Gasteiger partial charge is 0.231 e. The van der Waals surface area contributed by atoms with Gasteiger partial charge in [0.15, 0.2) is 0 Å². The maximum atomic E-state index is 13.6. The van der Waals surface area contributed by atoms with Crippen LogP contribution in [0.5, 0.6) is 0 Å². The quantitative estimate of drug-likeness (QED) is 0.921. The van der Waals surface area contributed by atoms with Gasteiger partial charge in [0.2, 0.25) is 11.7 Å². The van der Waals surface area contributed by atoms with E-state index in [1.807, 2.05) is 0 Å². The summed E-state index contributed by atoms with van der Waals surface area (Å²) >= 11 is 0. The third kappa shape index (κ3) is 2.93. The van der Waals surface area contributed by atoms with Gasteiger partial charge in [-0.2, -0.15) is 4.98 Å². The molecule has 2 heterocycles. The Morgan fingerprint density at radius 2 is 2.16 bits per heavy atom. The standard InChI is InChI=1S/C13H14FN3O.ClH/c14-11-6-2-1-5-10(11)12-16-13(18-17-12)9-4-3-7-15-8-9;/h1-2,5-6,9,15H,3-4,7-8H2;1H/t9-;/m0./s1. The predicted molar refractivity (Wildman–Crippen MR) is 71.8 cm³/mol. The van der Waals surface area contributed by atoms with Crippen LogP contribution in [0.1, 0.15) is 24.7 Å². The van der Waals surface area contributed by atoms with Gasteiger partial charge in [-0.1, -0.05) is 17.3 Å². The molecule has 0 saturated carbocycles. The van der Waals surface area contributed by atoms with Crippen molar-refractivity contribution in [3.63, 3.8) is 0 Å². The van der Waals surface area contributed by atoms with Gasteiger partial charge in [-0.3, -0.25) is 0 Å². The van der Waals surface area contributed by atoms with Crippen molar-refractivity contribution in [1.82, 2.24) is 15.5 Å². The minimum Gasteiger partial charge on any atom is -0.339 e. The summed E-state index contributed by atoms with van der Waals surface area (Å²) in [4.78, 5) is 4.31. The Kier molecular flexibility index (Phi) is 4.50. The zero-order valence-electron chi connectivity index (χ0n) is 10.3. The lowest BCUT2D eigenvalue weighted by Crippen LogP contribution is -2.28. The molecule has 1 aliphatic heterocycles. The van der Waals surface area contributed by atoms with Gasteiger partial charge in [-0.25, -0.2) is 4.39 Å². The van der Waals surface area contributed by atoms with Crippen molar-refractivity contribution >= 4 is 12.4 Å². The number of halogens is 2. The SMILES string of the molecule is Cl.Fc1ccccc1-c1noc([C@H]2CCCNC2)n1. The van der Waals surface area contributed by atoms with Crippen molar-refractivity contribution in [2.45, 2.75) is 18.8 Å². The number of nitrogens with zero attached hydrogens (tertiary/aromatic N) is 2. The van der Waals surface area contributed by atoms with Crippen molar-refractivity contribution in [2.24, 2.45) is 0 Å². The van der Waals surface area contributed by atoms with E-state index < -0.39 is 0 Å². The van der Waals surface area contributed by atoms with E-state index in [0.717, 1.165) is 25.9 Å². The van der Waals surface area contributed by atoms with E-state index in [1.54, 1.807) is 18.2 Å². The summed E-state index contributed by atoms with van der Waals surface area (Å²) in [5.74, 6) is 0.840. The second-order valence-corrected chi connectivity index (χ2v) is 4.48. The van der Waals surface area contributed by atoms with Crippen LogP contribution in [-0.4, -0.2) is 23.2 Å². The average molecular weight is 284 g/mol. The fourth-order valence-electron chi connectivity index (χ4n) is 2.22. The van der Waals surface area contributed by atoms with Gasteiger partial charge in [-0.15, -0.1) is 12.4 Å². The average Bonchev–Trinajstić information content (AvgIpc) is 2.90. The number of nitrogens with one attached hydrogen (secondary N) is 1. The molecule has 0 bridgehead atoms. The molecular formula is C13H15ClFN3O. The first kappa shape index (κ1) is 14.0. The summed E-state index contributed by atoms with van der Waals surface area (Å²) < 4.78 is 18.8. The number of rotatable bonds is 2. The van der Waals surface area contributed by atoms with E-state index >= 15 is 0 Å². The highest BCUT2D eigenvalue weighted by Gasteiger charge is 2.22. The summed E-state index contributed by atoms with van der Waals surface area (Å²) in [5.41, 5.74) is 0.385. The van der Waals surface area contributed by atoms with Gasteiger partial charge >= 0.3 is 0 Å².